The number of benzene rings is 1. The minimum Gasteiger partial charge on any atom is -0.398 e. The Morgan fingerprint density at radius 3 is 2.44 bits per heavy atom. The summed E-state index contributed by atoms with van der Waals surface area (Å²) < 4.78 is 0. The van der Waals surface area contributed by atoms with Gasteiger partial charge in [0.15, 0.2) is 5.78 Å². The molecule has 0 amide bonds. The predicted molar refractivity (Wildman–Crippen MR) is 63.3 cm³/mol. The van der Waals surface area contributed by atoms with Crippen LogP contribution in [0.1, 0.15) is 21.5 Å². The van der Waals surface area contributed by atoms with Crippen LogP contribution >= 0.6 is 0 Å². The number of hydrogen-bond donors (Lipinski definition) is 1. The molecule has 0 fully saturated rings. The van der Waals surface area contributed by atoms with Crippen molar-refractivity contribution in [3.63, 3.8) is 0 Å². The lowest BCUT2D eigenvalue weighted by Crippen LogP contribution is -2.02. The van der Waals surface area contributed by atoms with Crippen LogP contribution in [0.2, 0.25) is 0 Å². The first kappa shape index (κ1) is 10.4. The van der Waals surface area contributed by atoms with E-state index in [-0.39, 0.29) is 5.78 Å². The van der Waals surface area contributed by atoms with Gasteiger partial charge in [0.05, 0.1) is 0 Å². The van der Waals surface area contributed by atoms with E-state index in [2.05, 4.69) is 4.98 Å². The summed E-state index contributed by atoms with van der Waals surface area (Å²) in [5.41, 5.74) is 8.62. The molecule has 3 heteroatoms. The molecule has 0 aliphatic heterocycles. The normalized spacial score (nSPS) is 10.1. The van der Waals surface area contributed by atoms with Gasteiger partial charge in [0, 0.05) is 29.2 Å². The van der Waals surface area contributed by atoms with Crippen LogP contribution in [-0.4, -0.2) is 10.8 Å². The maximum absolute atomic E-state index is 12.0. The van der Waals surface area contributed by atoms with Gasteiger partial charge in [-0.3, -0.25) is 9.78 Å². The third-order valence-corrected chi connectivity index (χ3v) is 2.48. The van der Waals surface area contributed by atoms with E-state index in [0.717, 1.165) is 5.56 Å². The number of nitrogens with zero attached hydrogens (tertiary/aromatic N) is 1. The molecule has 0 radical (unpaired) electrons. The highest BCUT2D eigenvalue weighted by Gasteiger charge is 2.09. The SMILES string of the molecule is Cc1ccc(C(=O)c2ccncc2)cc1N. The molecular formula is C13H12N2O. The molecule has 1 aromatic carbocycles. The number of aryl methyl sites for hydroxylation is 1. The lowest BCUT2D eigenvalue weighted by atomic mass is 10.0. The van der Waals surface area contributed by atoms with E-state index in [9.17, 15) is 4.79 Å². The number of hydrogen-bond acceptors (Lipinski definition) is 3. The Hall–Kier alpha value is -2.16. The van der Waals surface area contributed by atoms with E-state index in [0.29, 0.717) is 16.8 Å². The molecule has 0 aliphatic rings. The van der Waals surface area contributed by atoms with Crippen LogP contribution in [0.15, 0.2) is 42.7 Å². The Morgan fingerprint density at radius 2 is 1.81 bits per heavy atom. The highest BCUT2D eigenvalue weighted by atomic mass is 16.1. The van der Waals surface area contributed by atoms with Gasteiger partial charge in [-0.2, -0.15) is 0 Å². The van der Waals surface area contributed by atoms with E-state index in [1.165, 1.54) is 0 Å². The van der Waals surface area contributed by atoms with Crippen molar-refractivity contribution in [2.24, 2.45) is 0 Å². The maximum Gasteiger partial charge on any atom is 0.193 e. The fourth-order valence-electron chi connectivity index (χ4n) is 1.45. The number of carbonyl (C=O) groups excluding carboxylic acids is 1. The summed E-state index contributed by atoms with van der Waals surface area (Å²) in [5, 5.41) is 0. The fourth-order valence-corrected chi connectivity index (χ4v) is 1.45. The molecule has 1 aromatic heterocycles. The number of pyridine rings is 1. The van der Waals surface area contributed by atoms with Crippen molar-refractivity contribution in [3.05, 3.63) is 59.4 Å². The van der Waals surface area contributed by atoms with Gasteiger partial charge >= 0.3 is 0 Å². The smallest absolute Gasteiger partial charge is 0.193 e. The summed E-state index contributed by atoms with van der Waals surface area (Å²) >= 11 is 0. The lowest BCUT2D eigenvalue weighted by Gasteiger charge is -2.04. The average molecular weight is 212 g/mol. The van der Waals surface area contributed by atoms with Crippen molar-refractivity contribution < 1.29 is 4.79 Å². The van der Waals surface area contributed by atoms with E-state index in [4.69, 9.17) is 5.73 Å². The monoisotopic (exact) mass is 212 g/mol. The molecule has 2 aromatic rings. The van der Waals surface area contributed by atoms with E-state index >= 15 is 0 Å². The summed E-state index contributed by atoms with van der Waals surface area (Å²) in [6.07, 6.45) is 3.20. The Balaban J connectivity index is 2.39. The van der Waals surface area contributed by atoms with Crippen molar-refractivity contribution in [1.82, 2.24) is 4.98 Å². The summed E-state index contributed by atoms with van der Waals surface area (Å²) in [6.45, 7) is 1.91. The average Bonchev–Trinajstić information content (AvgIpc) is 2.33. The quantitative estimate of drug-likeness (QED) is 0.613. The van der Waals surface area contributed by atoms with Crippen LogP contribution in [0.5, 0.6) is 0 Å². The lowest BCUT2D eigenvalue weighted by molar-refractivity contribution is 0.103. The van der Waals surface area contributed by atoms with E-state index in [1.54, 1.807) is 36.7 Å². The second-order valence-electron chi connectivity index (χ2n) is 3.64. The van der Waals surface area contributed by atoms with Crippen LogP contribution in [0.4, 0.5) is 5.69 Å². The third kappa shape index (κ3) is 1.93. The highest BCUT2D eigenvalue weighted by Crippen LogP contribution is 2.15. The van der Waals surface area contributed by atoms with Gasteiger partial charge in [0.1, 0.15) is 0 Å². The summed E-state index contributed by atoms with van der Waals surface area (Å²) in [5.74, 6) is -0.0332. The second kappa shape index (κ2) is 4.14. The molecule has 0 spiro atoms. The van der Waals surface area contributed by atoms with Crippen molar-refractivity contribution in [2.45, 2.75) is 6.92 Å². The Bertz CT molecular complexity index is 521. The maximum atomic E-state index is 12.0. The molecule has 80 valence electrons. The van der Waals surface area contributed by atoms with E-state index < -0.39 is 0 Å². The van der Waals surface area contributed by atoms with Gasteiger partial charge in [0.25, 0.3) is 0 Å². The van der Waals surface area contributed by atoms with Crippen molar-refractivity contribution >= 4 is 11.5 Å². The molecule has 0 bridgehead atoms. The molecule has 2 N–H and O–H groups in total. The number of ketones is 1. The second-order valence-corrected chi connectivity index (χ2v) is 3.64. The van der Waals surface area contributed by atoms with Gasteiger partial charge in [-0.05, 0) is 30.7 Å². The van der Waals surface area contributed by atoms with Gasteiger partial charge < -0.3 is 5.73 Å². The van der Waals surface area contributed by atoms with Crippen molar-refractivity contribution in [3.8, 4) is 0 Å². The number of carbonyl (C=O) groups is 1. The first-order valence-electron chi connectivity index (χ1n) is 4.99. The van der Waals surface area contributed by atoms with Crippen molar-refractivity contribution in [1.29, 1.82) is 0 Å². The number of anilines is 1. The Kier molecular flexibility index (Phi) is 2.68. The Morgan fingerprint density at radius 1 is 1.12 bits per heavy atom. The first-order chi connectivity index (χ1) is 7.68. The molecule has 0 unspecified atom stereocenters. The number of aromatic nitrogens is 1. The van der Waals surface area contributed by atoms with Crippen LogP contribution in [0.3, 0.4) is 0 Å². The fraction of sp³-hybridized carbons (Fsp3) is 0.0769. The molecule has 0 atom stereocenters. The Labute approximate surface area is 93.9 Å². The van der Waals surface area contributed by atoms with Crippen LogP contribution in [0, 0.1) is 6.92 Å². The van der Waals surface area contributed by atoms with E-state index in [1.807, 2.05) is 13.0 Å². The number of rotatable bonds is 2. The predicted octanol–water partition coefficient (Wildman–Crippen LogP) is 2.20. The minimum atomic E-state index is -0.0332. The molecule has 0 aliphatic carbocycles. The summed E-state index contributed by atoms with van der Waals surface area (Å²) in [4.78, 5) is 15.9. The standard InChI is InChI=1S/C13H12N2O/c1-9-2-3-11(8-12(9)14)13(16)10-4-6-15-7-5-10/h2-8H,14H2,1H3. The van der Waals surface area contributed by atoms with Gasteiger partial charge in [0.2, 0.25) is 0 Å². The third-order valence-electron chi connectivity index (χ3n) is 2.48. The summed E-state index contributed by atoms with van der Waals surface area (Å²) in [7, 11) is 0. The van der Waals surface area contributed by atoms with Crippen molar-refractivity contribution in [2.75, 3.05) is 5.73 Å². The zero-order valence-corrected chi connectivity index (χ0v) is 8.97. The number of nitrogens with two attached hydrogens (primary N) is 1. The molecule has 1 heterocycles. The molecule has 0 saturated carbocycles. The van der Waals surface area contributed by atoms with Gasteiger partial charge in [-0.15, -0.1) is 0 Å². The largest absolute Gasteiger partial charge is 0.398 e. The molecule has 0 saturated heterocycles. The number of nitrogen functional groups attached to an aromatic ring is 1. The topological polar surface area (TPSA) is 56.0 Å². The van der Waals surface area contributed by atoms with Gasteiger partial charge in [-0.25, -0.2) is 0 Å². The zero-order valence-electron chi connectivity index (χ0n) is 8.97. The zero-order chi connectivity index (χ0) is 11.5. The molecule has 2 rings (SSSR count). The molecular weight excluding hydrogens is 200 g/mol. The minimum absolute atomic E-state index is 0.0332. The van der Waals surface area contributed by atoms with Crippen LogP contribution < -0.4 is 5.73 Å². The summed E-state index contributed by atoms with van der Waals surface area (Å²) in [6, 6.07) is 8.73. The van der Waals surface area contributed by atoms with Crippen LogP contribution in [0.25, 0.3) is 0 Å². The molecule has 3 nitrogen and oxygen atoms in total. The highest BCUT2D eigenvalue weighted by molar-refractivity contribution is 6.09. The van der Waals surface area contributed by atoms with Gasteiger partial charge in [-0.1, -0.05) is 12.1 Å². The van der Waals surface area contributed by atoms with Crippen LogP contribution in [-0.2, 0) is 0 Å². The molecule has 16 heavy (non-hydrogen) atoms. The first-order valence-corrected chi connectivity index (χ1v) is 4.99.